The molecule has 2 aromatic rings. The number of rotatable bonds is 5. The summed E-state index contributed by atoms with van der Waals surface area (Å²) in [5.74, 6) is -0.411. The van der Waals surface area contributed by atoms with Gasteiger partial charge in [-0.25, -0.2) is 4.79 Å². The molecule has 0 saturated heterocycles. The molecule has 4 nitrogen and oxygen atoms in total. The number of esters is 1. The van der Waals surface area contributed by atoms with Crippen LogP contribution in [0.2, 0.25) is 0 Å². The van der Waals surface area contributed by atoms with E-state index in [0.29, 0.717) is 12.1 Å². The van der Waals surface area contributed by atoms with Crippen LogP contribution in [0.3, 0.4) is 0 Å². The Morgan fingerprint density at radius 1 is 1.00 bits per heavy atom. The van der Waals surface area contributed by atoms with Crippen LogP contribution in [0.15, 0.2) is 54.6 Å². The first-order valence-corrected chi connectivity index (χ1v) is 7.46. The highest BCUT2D eigenvalue weighted by Gasteiger charge is 2.29. The van der Waals surface area contributed by atoms with Crippen LogP contribution in [0.4, 0.5) is 0 Å². The van der Waals surface area contributed by atoms with E-state index in [0.717, 1.165) is 11.1 Å². The van der Waals surface area contributed by atoms with E-state index < -0.39 is 5.41 Å². The monoisotopic (exact) mass is 311 g/mol. The van der Waals surface area contributed by atoms with Gasteiger partial charge in [0.2, 0.25) is 5.91 Å². The third-order valence-corrected chi connectivity index (χ3v) is 3.89. The summed E-state index contributed by atoms with van der Waals surface area (Å²) in [7, 11) is 1.35. The maximum atomic E-state index is 12.5. The zero-order chi connectivity index (χ0) is 16.9. The highest BCUT2D eigenvalue weighted by atomic mass is 16.5. The van der Waals surface area contributed by atoms with Crippen LogP contribution < -0.4 is 5.32 Å². The highest BCUT2D eigenvalue weighted by Crippen LogP contribution is 2.23. The maximum Gasteiger partial charge on any atom is 0.337 e. The van der Waals surface area contributed by atoms with Gasteiger partial charge in [0.25, 0.3) is 0 Å². The number of carbonyl (C=O) groups is 2. The van der Waals surface area contributed by atoms with Crippen molar-refractivity contribution >= 4 is 11.9 Å². The molecular formula is C19H21NO3. The van der Waals surface area contributed by atoms with Crippen LogP contribution >= 0.6 is 0 Å². The molecule has 0 aliphatic heterocycles. The van der Waals surface area contributed by atoms with E-state index in [9.17, 15) is 9.59 Å². The van der Waals surface area contributed by atoms with Crippen LogP contribution in [0.5, 0.6) is 0 Å². The van der Waals surface area contributed by atoms with Crippen molar-refractivity contribution in [2.24, 2.45) is 0 Å². The topological polar surface area (TPSA) is 55.4 Å². The van der Waals surface area contributed by atoms with Gasteiger partial charge in [-0.15, -0.1) is 0 Å². The van der Waals surface area contributed by atoms with Crippen LogP contribution in [0, 0.1) is 0 Å². The van der Waals surface area contributed by atoms with Crippen molar-refractivity contribution in [1.29, 1.82) is 0 Å². The predicted molar refractivity (Wildman–Crippen MR) is 89.1 cm³/mol. The van der Waals surface area contributed by atoms with E-state index in [2.05, 4.69) is 10.1 Å². The van der Waals surface area contributed by atoms with E-state index in [1.807, 2.05) is 56.3 Å². The summed E-state index contributed by atoms with van der Waals surface area (Å²) in [4.78, 5) is 23.9. The van der Waals surface area contributed by atoms with Gasteiger partial charge in [0, 0.05) is 6.54 Å². The molecule has 0 bridgehead atoms. The lowest BCUT2D eigenvalue weighted by Gasteiger charge is -2.24. The van der Waals surface area contributed by atoms with Crippen molar-refractivity contribution in [3.05, 3.63) is 71.3 Å². The average Bonchev–Trinajstić information content (AvgIpc) is 2.60. The van der Waals surface area contributed by atoms with Gasteiger partial charge in [0.15, 0.2) is 0 Å². The largest absolute Gasteiger partial charge is 0.465 e. The molecule has 1 N–H and O–H groups in total. The zero-order valence-electron chi connectivity index (χ0n) is 13.6. The van der Waals surface area contributed by atoms with Crippen LogP contribution in [0.25, 0.3) is 0 Å². The summed E-state index contributed by atoms with van der Waals surface area (Å²) in [5, 5.41) is 2.95. The van der Waals surface area contributed by atoms with Crippen molar-refractivity contribution in [2.75, 3.05) is 7.11 Å². The molecule has 0 aromatic heterocycles. The second-order valence-electron chi connectivity index (χ2n) is 5.86. The standard InChI is InChI=1S/C19H21NO3/c1-19(2,16-7-5-4-6-8-16)18(22)20-13-14-9-11-15(12-10-14)17(21)23-3/h4-12H,13H2,1-3H3,(H,20,22). The molecule has 2 rings (SSSR count). The summed E-state index contributed by atoms with van der Waals surface area (Å²) < 4.78 is 4.66. The Bertz CT molecular complexity index is 676. The van der Waals surface area contributed by atoms with E-state index in [-0.39, 0.29) is 11.9 Å². The Kier molecular flexibility index (Phi) is 5.16. The quantitative estimate of drug-likeness (QED) is 0.863. The third-order valence-electron chi connectivity index (χ3n) is 3.89. The molecule has 1 amide bonds. The van der Waals surface area contributed by atoms with Crippen molar-refractivity contribution in [3.8, 4) is 0 Å². The molecule has 0 fully saturated rings. The fourth-order valence-corrected chi connectivity index (χ4v) is 2.27. The molecule has 0 atom stereocenters. The third kappa shape index (κ3) is 3.97. The Morgan fingerprint density at radius 2 is 1.61 bits per heavy atom. The van der Waals surface area contributed by atoms with Gasteiger partial charge in [-0.1, -0.05) is 42.5 Å². The molecule has 0 heterocycles. The number of hydrogen-bond acceptors (Lipinski definition) is 3. The maximum absolute atomic E-state index is 12.5. The number of carbonyl (C=O) groups excluding carboxylic acids is 2. The Morgan fingerprint density at radius 3 is 2.17 bits per heavy atom. The average molecular weight is 311 g/mol. The molecule has 0 aliphatic carbocycles. The first-order chi connectivity index (χ1) is 10.9. The second-order valence-corrected chi connectivity index (χ2v) is 5.86. The number of ether oxygens (including phenoxy) is 1. The van der Waals surface area contributed by atoms with Gasteiger partial charge in [-0.05, 0) is 37.1 Å². The minimum Gasteiger partial charge on any atom is -0.465 e. The van der Waals surface area contributed by atoms with Gasteiger partial charge >= 0.3 is 5.97 Å². The first kappa shape index (κ1) is 16.7. The molecule has 0 unspecified atom stereocenters. The Hall–Kier alpha value is -2.62. The van der Waals surface area contributed by atoms with Gasteiger partial charge in [-0.3, -0.25) is 4.79 Å². The summed E-state index contributed by atoms with van der Waals surface area (Å²) in [6.45, 7) is 4.21. The highest BCUT2D eigenvalue weighted by molar-refractivity contribution is 5.89. The first-order valence-electron chi connectivity index (χ1n) is 7.46. The second kappa shape index (κ2) is 7.09. The lowest BCUT2D eigenvalue weighted by molar-refractivity contribution is -0.125. The van der Waals surface area contributed by atoms with Crippen LogP contribution in [-0.4, -0.2) is 19.0 Å². The SMILES string of the molecule is COC(=O)c1ccc(CNC(=O)C(C)(C)c2ccccc2)cc1. The fourth-order valence-electron chi connectivity index (χ4n) is 2.27. The predicted octanol–water partition coefficient (Wildman–Crippen LogP) is 3.07. The molecule has 120 valence electrons. The molecular weight excluding hydrogens is 290 g/mol. The van der Waals surface area contributed by atoms with E-state index >= 15 is 0 Å². The van der Waals surface area contributed by atoms with E-state index in [4.69, 9.17) is 0 Å². The van der Waals surface area contributed by atoms with Crippen molar-refractivity contribution in [2.45, 2.75) is 25.8 Å². The number of amides is 1. The molecule has 4 heteroatoms. The molecule has 0 spiro atoms. The molecule has 23 heavy (non-hydrogen) atoms. The van der Waals surface area contributed by atoms with Crippen molar-refractivity contribution < 1.29 is 14.3 Å². The molecule has 0 saturated carbocycles. The summed E-state index contributed by atoms with van der Waals surface area (Å²) in [6.07, 6.45) is 0. The Labute approximate surface area is 136 Å². The molecule has 2 aromatic carbocycles. The van der Waals surface area contributed by atoms with Crippen molar-refractivity contribution in [1.82, 2.24) is 5.32 Å². The van der Waals surface area contributed by atoms with Gasteiger partial charge < -0.3 is 10.1 Å². The summed E-state index contributed by atoms with van der Waals surface area (Å²) >= 11 is 0. The normalized spacial score (nSPS) is 10.9. The summed E-state index contributed by atoms with van der Waals surface area (Å²) in [5.41, 5.74) is 1.79. The molecule has 0 radical (unpaired) electrons. The number of methoxy groups -OCH3 is 1. The smallest absolute Gasteiger partial charge is 0.337 e. The number of benzene rings is 2. The lowest BCUT2D eigenvalue weighted by Crippen LogP contribution is -2.39. The van der Waals surface area contributed by atoms with Crippen LogP contribution in [-0.2, 0) is 21.5 Å². The van der Waals surface area contributed by atoms with Crippen molar-refractivity contribution in [3.63, 3.8) is 0 Å². The number of nitrogens with one attached hydrogen (secondary N) is 1. The fraction of sp³-hybridized carbons (Fsp3) is 0.263. The van der Waals surface area contributed by atoms with E-state index in [1.165, 1.54) is 7.11 Å². The number of hydrogen-bond donors (Lipinski definition) is 1. The Balaban J connectivity index is 2.00. The summed E-state index contributed by atoms with van der Waals surface area (Å²) in [6, 6.07) is 16.7. The van der Waals surface area contributed by atoms with Gasteiger partial charge in [0.1, 0.15) is 0 Å². The minimum atomic E-state index is -0.604. The van der Waals surface area contributed by atoms with Gasteiger partial charge in [-0.2, -0.15) is 0 Å². The van der Waals surface area contributed by atoms with Gasteiger partial charge in [0.05, 0.1) is 18.1 Å². The lowest BCUT2D eigenvalue weighted by atomic mass is 9.84. The molecule has 0 aliphatic rings. The zero-order valence-corrected chi connectivity index (χ0v) is 13.6. The van der Waals surface area contributed by atoms with Crippen LogP contribution in [0.1, 0.15) is 35.3 Å². The minimum absolute atomic E-state index is 0.0410. The van der Waals surface area contributed by atoms with E-state index in [1.54, 1.807) is 12.1 Å².